The molecule has 0 radical (unpaired) electrons. The molecule has 2 fully saturated rings. The lowest BCUT2D eigenvalue weighted by Crippen LogP contribution is -2.40. The van der Waals surface area contributed by atoms with Crippen molar-refractivity contribution in [3.05, 3.63) is 145 Å². The zero-order chi connectivity index (χ0) is 42.5. The predicted molar refractivity (Wildman–Crippen MR) is 223 cm³/mol. The number of aromatic amines is 1. The fraction of sp³-hybridized carbons (Fsp3) is 0.341. The molecule has 17 heteroatoms. The van der Waals surface area contributed by atoms with Crippen LogP contribution >= 0.6 is 0 Å². The predicted octanol–water partition coefficient (Wildman–Crippen LogP) is 6.27. The number of aromatic nitrogens is 7. The van der Waals surface area contributed by atoms with Crippen molar-refractivity contribution in [1.82, 2.24) is 38.4 Å². The second-order valence-electron chi connectivity index (χ2n) is 16.7. The van der Waals surface area contributed by atoms with Gasteiger partial charge in [0.15, 0.2) is 5.82 Å². The fourth-order valence-corrected chi connectivity index (χ4v) is 10.1. The van der Waals surface area contributed by atoms with Gasteiger partial charge in [-0.15, -0.1) is 0 Å². The number of amides is 1. The highest BCUT2D eigenvalue weighted by atomic mass is 32.2. The summed E-state index contributed by atoms with van der Waals surface area (Å²) in [6.45, 7) is 7.01. The van der Waals surface area contributed by atoms with Crippen molar-refractivity contribution >= 4 is 21.2 Å². The Kier molecular flexibility index (Phi) is 8.99. The van der Waals surface area contributed by atoms with E-state index in [0.717, 1.165) is 29.5 Å². The smallest absolute Gasteiger partial charge is 0.381 e. The van der Waals surface area contributed by atoms with Crippen LogP contribution in [-0.2, 0) is 26.3 Å². The highest BCUT2D eigenvalue weighted by Gasteiger charge is 2.53. The van der Waals surface area contributed by atoms with E-state index < -0.39 is 32.6 Å². The van der Waals surface area contributed by atoms with E-state index in [0.29, 0.717) is 101 Å². The van der Waals surface area contributed by atoms with Crippen molar-refractivity contribution in [3.63, 3.8) is 0 Å². The van der Waals surface area contributed by atoms with E-state index >= 15 is 9.18 Å². The zero-order valence-corrected chi connectivity index (χ0v) is 34.9. The number of nitrogens with one attached hydrogen (secondary N) is 2. The topological polar surface area (TPSA) is 179 Å². The second-order valence-corrected chi connectivity index (χ2v) is 18.8. The first-order valence-electron chi connectivity index (χ1n) is 20.4. The largest absolute Gasteiger partial charge is 0.438 e. The number of ether oxygens (including phenoxy) is 1. The second kappa shape index (κ2) is 14.1. The number of halogens is 1. The maximum atomic E-state index is 15.3. The first-order chi connectivity index (χ1) is 29.2. The van der Waals surface area contributed by atoms with Crippen LogP contribution in [0.15, 0.2) is 92.3 Å². The van der Waals surface area contributed by atoms with E-state index in [-0.39, 0.29) is 11.7 Å². The van der Waals surface area contributed by atoms with Gasteiger partial charge >= 0.3 is 11.4 Å². The first-order valence-corrected chi connectivity index (χ1v) is 22.3. The molecule has 0 spiro atoms. The molecular formula is C44H44FN9O6S. The van der Waals surface area contributed by atoms with Gasteiger partial charge in [0.05, 0.1) is 49.3 Å². The van der Waals surface area contributed by atoms with Gasteiger partial charge in [-0.05, 0) is 112 Å². The van der Waals surface area contributed by atoms with E-state index in [1.165, 1.54) is 15.4 Å². The summed E-state index contributed by atoms with van der Waals surface area (Å²) < 4.78 is 52.6. The molecule has 2 aromatic carbocycles. The Labute approximate surface area is 349 Å². The van der Waals surface area contributed by atoms with Crippen LogP contribution in [0.4, 0.5) is 4.39 Å². The Bertz CT molecular complexity index is 3120. The van der Waals surface area contributed by atoms with Gasteiger partial charge in [-0.1, -0.05) is 11.2 Å². The minimum Gasteiger partial charge on any atom is -0.381 e. The fourth-order valence-electron chi connectivity index (χ4n) is 9.44. The van der Waals surface area contributed by atoms with Gasteiger partial charge in [-0.25, -0.2) is 27.6 Å². The van der Waals surface area contributed by atoms with E-state index in [4.69, 9.17) is 19.1 Å². The minimum atomic E-state index is -2.96. The van der Waals surface area contributed by atoms with Crippen molar-refractivity contribution in [2.75, 3.05) is 26.0 Å². The SMILES string of the molecule is Cc1cc(-n2nc3c(c2-n2ccn(-c4ccc([S@@](C)(=N)=O)cc4)c2=O)[C@H](C)N(C(=O)c2cn4cc(C5CCOCC5)ccc4c2C2(c4noc(=O)[nH]4)CC2)CC3)cc(C)c1F. The molecule has 0 unspecified atom stereocenters. The number of hydrogen-bond donors (Lipinski definition) is 2. The van der Waals surface area contributed by atoms with Gasteiger partial charge in [0.25, 0.3) is 5.91 Å². The molecule has 1 aliphatic carbocycles. The normalized spacial score (nSPS) is 18.6. The highest BCUT2D eigenvalue weighted by Crippen LogP contribution is 2.55. The van der Waals surface area contributed by atoms with Crippen molar-refractivity contribution in [2.45, 2.75) is 75.1 Å². The summed E-state index contributed by atoms with van der Waals surface area (Å²) in [4.78, 5) is 47.0. The van der Waals surface area contributed by atoms with Gasteiger partial charge in [0.2, 0.25) is 0 Å². The maximum absolute atomic E-state index is 15.3. The van der Waals surface area contributed by atoms with Crippen LogP contribution in [0.1, 0.15) is 94.3 Å². The highest BCUT2D eigenvalue weighted by molar-refractivity contribution is 7.91. The summed E-state index contributed by atoms with van der Waals surface area (Å²) in [5, 5.41) is 9.18. The third kappa shape index (κ3) is 6.31. The molecule has 15 nitrogen and oxygen atoms in total. The number of benzene rings is 2. The lowest BCUT2D eigenvalue weighted by atomic mass is 9.90. The standard InChI is InChI=1S/C44H44FN9O6S/c1-25-21-31(22-26(2)38(25)45)54-39(53-18-17-52(43(53)57)30-6-8-32(9-7-30)61(4,46)58)36-27(3)51(16-11-34(36)48-54)40(55)33-24-50-23-29(28-12-19-59-20-13-28)5-10-35(50)37(33)44(14-15-44)41-47-42(56)60-49-41/h5-10,17-18,21-24,27-28,46H,11-16,19-20H2,1-4H3,(H,47,49,56)/t27-,61-/m0/s1. The van der Waals surface area contributed by atoms with Crippen molar-refractivity contribution < 1.29 is 22.7 Å². The van der Waals surface area contributed by atoms with Gasteiger partial charge in [0, 0.05) is 73.2 Å². The molecule has 1 saturated heterocycles. The van der Waals surface area contributed by atoms with Crippen LogP contribution < -0.4 is 11.4 Å². The Hall–Kier alpha value is -6.33. The molecular weight excluding hydrogens is 802 g/mol. The van der Waals surface area contributed by atoms with Crippen LogP contribution in [-0.4, -0.2) is 74.5 Å². The number of H-pyrrole nitrogens is 1. The molecule has 2 atom stereocenters. The molecule has 1 amide bonds. The Morgan fingerprint density at radius 2 is 1.69 bits per heavy atom. The number of aryl methyl sites for hydroxylation is 2. The molecule has 5 aromatic heterocycles. The summed E-state index contributed by atoms with van der Waals surface area (Å²) in [5.74, 6) is -0.0900. The van der Waals surface area contributed by atoms with Crippen molar-refractivity contribution in [1.29, 1.82) is 4.78 Å². The lowest BCUT2D eigenvalue weighted by Gasteiger charge is -2.34. The van der Waals surface area contributed by atoms with Gasteiger partial charge in [0.1, 0.15) is 11.6 Å². The Balaban J connectivity index is 1.11. The quantitative estimate of drug-likeness (QED) is 0.180. The van der Waals surface area contributed by atoms with Crippen LogP contribution in [0, 0.1) is 24.4 Å². The Morgan fingerprint density at radius 3 is 2.34 bits per heavy atom. The van der Waals surface area contributed by atoms with Crippen LogP contribution in [0.25, 0.3) is 22.7 Å². The molecule has 1 saturated carbocycles. The number of nitrogens with zero attached hydrogens (tertiary/aromatic N) is 7. The molecule has 2 aliphatic heterocycles. The average molecular weight is 846 g/mol. The minimum absolute atomic E-state index is 0.222. The van der Waals surface area contributed by atoms with Gasteiger partial charge in [-0.3, -0.25) is 23.4 Å². The summed E-state index contributed by atoms with van der Waals surface area (Å²) >= 11 is 0. The monoisotopic (exact) mass is 845 g/mol. The zero-order valence-electron chi connectivity index (χ0n) is 34.1. The molecule has 10 rings (SSSR count). The number of rotatable bonds is 8. The van der Waals surface area contributed by atoms with Crippen molar-refractivity contribution in [3.8, 4) is 17.2 Å². The van der Waals surface area contributed by atoms with E-state index in [2.05, 4.69) is 28.5 Å². The number of fused-ring (bicyclic) bond motifs is 2. The van der Waals surface area contributed by atoms with Gasteiger partial charge < -0.3 is 14.0 Å². The van der Waals surface area contributed by atoms with E-state index in [1.807, 2.05) is 22.4 Å². The number of hydrogen-bond acceptors (Lipinski definition) is 9. The molecule has 3 aliphatic rings. The number of carbonyl (C=O) groups excluding carboxylic acids is 1. The van der Waals surface area contributed by atoms with Crippen molar-refractivity contribution in [2.24, 2.45) is 0 Å². The number of carbonyl (C=O) groups is 1. The summed E-state index contributed by atoms with van der Waals surface area (Å²) in [7, 11) is -2.96. The summed E-state index contributed by atoms with van der Waals surface area (Å²) in [6, 6.07) is 13.4. The molecule has 61 heavy (non-hydrogen) atoms. The van der Waals surface area contributed by atoms with Gasteiger partial charge in [-0.2, -0.15) is 5.10 Å². The third-order valence-corrected chi connectivity index (χ3v) is 14.0. The Morgan fingerprint density at radius 1 is 0.984 bits per heavy atom. The summed E-state index contributed by atoms with van der Waals surface area (Å²) in [5.41, 5.74) is 5.36. The first kappa shape index (κ1) is 38.8. The molecule has 7 aromatic rings. The van der Waals surface area contributed by atoms with Crippen LogP contribution in [0.5, 0.6) is 0 Å². The average Bonchev–Trinajstić information content (AvgIpc) is 3.54. The number of imidazole rings is 1. The lowest BCUT2D eigenvalue weighted by molar-refractivity contribution is 0.0675. The summed E-state index contributed by atoms with van der Waals surface area (Å²) in [6.07, 6.45) is 12.1. The third-order valence-electron chi connectivity index (χ3n) is 12.8. The van der Waals surface area contributed by atoms with Crippen LogP contribution in [0.3, 0.4) is 0 Å². The van der Waals surface area contributed by atoms with Crippen LogP contribution in [0.2, 0.25) is 0 Å². The van der Waals surface area contributed by atoms with E-state index in [1.54, 1.807) is 67.3 Å². The molecule has 7 heterocycles. The van der Waals surface area contributed by atoms with E-state index in [9.17, 15) is 13.8 Å². The molecule has 314 valence electrons. The maximum Gasteiger partial charge on any atom is 0.438 e. The molecule has 0 bridgehead atoms. The number of pyridine rings is 1. The molecule has 2 N–H and O–H groups in total.